The molecule has 0 saturated heterocycles. The van der Waals surface area contributed by atoms with Crippen LogP contribution in [-0.2, 0) is 24.7 Å². The topological polar surface area (TPSA) is 34.0 Å². The molecule has 3 rings (SSSR count). The first-order valence-corrected chi connectivity index (χ1v) is 9.76. The van der Waals surface area contributed by atoms with Crippen molar-refractivity contribution < 1.29 is 52.7 Å². The predicted molar refractivity (Wildman–Crippen MR) is 107 cm³/mol. The van der Waals surface area contributed by atoms with E-state index >= 15 is 0 Å². The highest BCUT2D eigenvalue weighted by Crippen LogP contribution is 2.39. The molecule has 0 amide bonds. The maximum absolute atomic E-state index is 13.2. The lowest BCUT2D eigenvalue weighted by molar-refractivity contribution is -0.144. The highest BCUT2D eigenvalue weighted by atomic mass is 19.4. The molecule has 0 saturated carbocycles. The first kappa shape index (κ1) is 27.9. The summed E-state index contributed by atoms with van der Waals surface area (Å²) >= 11 is 0. The zero-order chi connectivity index (χ0) is 28.1. The van der Waals surface area contributed by atoms with Gasteiger partial charge in [-0.15, -0.1) is 0 Å². The van der Waals surface area contributed by atoms with Crippen molar-refractivity contribution in [2.75, 3.05) is 5.32 Å². The number of aromatic nitrogens is 1. The summed E-state index contributed by atoms with van der Waals surface area (Å²) in [6, 6.07) is 2.51. The van der Waals surface area contributed by atoms with Crippen LogP contribution in [0.25, 0.3) is 5.69 Å². The van der Waals surface area contributed by atoms with Gasteiger partial charge in [0.15, 0.2) is 0 Å². The average Bonchev–Trinajstić information content (AvgIpc) is 2.70. The Kier molecular flexibility index (Phi) is 6.81. The Hall–Kier alpha value is -3.65. The number of aryl methyl sites for hydroxylation is 1. The largest absolute Gasteiger partial charge is 0.416 e. The van der Waals surface area contributed by atoms with Crippen LogP contribution in [0.3, 0.4) is 0 Å². The van der Waals surface area contributed by atoms with Gasteiger partial charge in [-0.1, -0.05) is 0 Å². The lowest BCUT2D eigenvalue weighted by Crippen LogP contribution is -2.22. The molecule has 0 atom stereocenters. The summed E-state index contributed by atoms with van der Waals surface area (Å²) in [5.41, 5.74) is -10.1. The molecule has 0 spiro atoms. The Morgan fingerprint density at radius 2 is 0.892 bits per heavy atom. The molecule has 2 aromatic carbocycles. The second kappa shape index (κ2) is 9.03. The monoisotopic (exact) mass is 548 g/mol. The zero-order valence-corrected chi connectivity index (χ0v) is 18.0. The van der Waals surface area contributed by atoms with Gasteiger partial charge in [0.25, 0.3) is 5.56 Å². The van der Waals surface area contributed by atoms with Crippen LogP contribution in [0.5, 0.6) is 0 Å². The third kappa shape index (κ3) is 6.38. The Labute approximate surface area is 198 Å². The van der Waals surface area contributed by atoms with Crippen molar-refractivity contribution in [3.8, 4) is 5.69 Å². The summed E-state index contributed by atoms with van der Waals surface area (Å²) in [5.74, 6) is 0. The molecule has 3 nitrogen and oxygen atoms in total. The van der Waals surface area contributed by atoms with E-state index in [1.54, 1.807) is 0 Å². The smallest absolute Gasteiger partial charge is 0.355 e. The Bertz CT molecular complexity index is 1310. The van der Waals surface area contributed by atoms with Crippen molar-refractivity contribution in [1.29, 1.82) is 0 Å². The van der Waals surface area contributed by atoms with Crippen molar-refractivity contribution >= 4 is 11.4 Å². The number of hydrogen-bond acceptors (Lipinski definition) is 2. The van der Waals surface area contributed by atoms with Gasteiger partial charge in [-0.3, -0.25) is 9.36 Å². The molecule has 0 aliphatic heterocycles. The van der Waals surface area contributed by atoms with Crippen LogP contribution in [-0.4, -0.2) is 4.57 Å². The van der Waals surface area contributed by atoms with E-state index in [0.29, 0.717) is 34.9 Å². The summed E-state index contributed by atoms with van der Waals surface area (Å²) in [5, 5.41) is 2.19. The molecule has 3 aromatic rings. The second-order valence-electron chi connectivity index (χ2n) is 7.74. The van der Waals surface area contributed by atoms with Crippen LogP contribution < -0.4 is 10.9 Å². The van der Waals surface area contributed by atoms with E-state index in [4.69, 9.17) is 0 Å². The van der Waals surface area contributed by atoms with Crippen molar-refractivity contribution in [2.24, 2.45) is 0 Å². The molecular weight excluding hydrogens is 536 g/mol. The molecule has 1 heterocycles. The molecular formula is C22H12F12N2O. The number of pyridine rings is 1. The Morgan fingerprint density at radius 3 is 1.24 bits per heavy atom. The maximum Gasteiger partial charge on any atom is 0.416 e. The number of benzene rings is 2. The summed E-state index contributed by atoms with van der Waals surface area (Å²) in [7, 11) is 0. The third-order valence-electron chi connectivity index (χ3n) is 4.92. The van der Waals surface area contributed by atoms with Crippen LogP contribution in [0, 0.1) is 6.92 Å². The molecule has 0 unspecified atom stereocenters. The third-order valence-corrected chi connectivity index (χ3v) is 4.92. The molecule has 15 heteroatoms. The number of nitrogens with zero attached hydrogens (tertiary/aromatic N) is 1. The lowest BCUT2D eigenvalue weighted by atomic mass is 10.1. The molecule has 0 fully saturated rings. The molecule has 1 aromatic heterocycles. The average molecular weight is 548 g/mol. The molecule has 0 aliphatic carbocycles. The highest BCUT2D eigenvalue weighted by Gasteiger charge is 2.38. The lowest BCUT2D eigenvalue weighted by Gasteiger charge is -2.18. The summed E-state index contributed by atoms with van der Waals surface area (Å²) in [6.07, 6.45) is -20.7. The van der Waals surface area contributed by atoms with E-state index in [1.807, 2.05) is 0 Å². The molecule has 37 heavy (non-hydrogen) atoms. The first-order chi connectivity index (χ1) is 16.7. The fraction of sp³-hybridized carbons (Fsp3) is 0.227. The normalized spacial score (nSPS) is 13.1. The van der Waals surface area contributed by atoms with Crippen molar-refractivity contribution in [3.05, 3.63) is 86.8 Å². The van der Waals surface area contributed by atoms with E-state index in [2.05, 4.69) is 5.32 Å². The van der Waals surface area contributed by atoms with Crippen LogP contribution in [0.2, 0.25) is 0 Å². The first-order valence-electron chi connectivity index (χ1n) is 9.76. The van der Waals surface area contributed by atoms with Crippen molar-refractivity contribution in [2.45, 2.75) is 31.6 Å². The number of hydrogen-bond donors (Lipinski definition) is 1. The molecule has 1 N–H and O–H groups in total. The quantitative estimate of drug-likeness (QED) is 0.337. The standard InChI is InChI=1S/C22H12F12N2O/c1-10-2-15(35-16-5-11(19(23,24)25)3-12(6-16)20(26,27)28)9-18(37)36(10)17-7-13(21(29,30)31)4-14(8-17)22(32,33)34/h2-9,35H,1H3. The van der Waals surface area contributed by atoms with Crippen LogP contribution in [0.4, 0.5) is 64.1 Å². The summed E-state index contributed by atoms with van der Waals surface area (Å²) in [6.45, 7) is 1.09. The van der Waals surface area contributed by atoms with E-state index in [-0.39, 0.29) is 23.5 Å². The van der Waals surface area contributed by atoms with Gasteiger partial charge >= 0.3 is 24.7 Å². The minimum atomic E-state index is -5.20. The fourth-order valence-electron chi connectivity index (χ4n) is 3.37. The van der Waals surface area contributed by atoms with Gasteiger partial charge in [0.2, 0.25) is 0 Å². The Morgan fingerprint density at radius 1 is 0.541 bits per heavy atom. The SMILES string of the molecule is Cc1cc(Nc2cc(C(F)(F)F)cc(C(F)(F)F)c2)cc(=O)n1-c1cc(C(F)(F)F)cc(C(F)(F)F)c1. The van der Waals surface area contributed by atoms with Crippen LogP contribution in [0.15, 0.2) is 53.3 Å². The van der Waals surface area contributed by atoms with Gasteiger partial charge in [-0.25, -0.2) is 0 Å². The van der Waals surface area contributed by atoms with Crippen molar-refractivity contribution in [3.63, 3.8) is 0 Å². The summed E-state index contributed by atoms with van der Waals surface area (Å²) in [4.78, 5) is 12.6. The number of nitrogens with one attached hydrogen (secondary N) is 1. The molecule has 0 radical (unpaired) electrons. The maximum atomic E-state index is 13.2. The van der Waals surface area contributed by atoms with Gasteiger partial charge in [-0.05, 0) is 49.4 Å². The molecule has 200 valence electrons. The van der Waals surface area contributed by atoms with Crippen LogP contribution in [0.1, 0.15) is 27.9 Å². The second-order valence-corrected chi connectivity index (χ2v) is 7.74. The molecule has 0 bridgehead atoms. The fourth-order valence-corrected chi connectivity index (χ4v) is 3.37. The summed E-state index contributed by atoms with van der Waals surface area (Å²) < 4.78 is 158. The van der Waals surface area contributed by atoms with Gasteiger partial charge < -0.3 is 5.32 Å². The van der Waals surface area contributed by atoms with Gasteiger partial charge in [0, 0.05) is 23.1 Å². The van der Waals surface area contributed by atoms with Gasteiger partial charge in [0.05, 0.1) is 27.9 Å². The number of alkyl halides is 12. The van der Waals surface area contributed by atoms with Crippen LogP contribution >= 0.6 is 0 Å². The van der Waals surface area contributed by atoms with Crippen molar-refractivity contribution in [1.82, 2.24) is 4.57 Å². The van der Waals surface area contributed by atoms with E-state index in [0.717, 1.165) is 13.0 Å². The number of anilines is 2. The van der Waals surface area contributed by atoms with E-state index in [9.17, 15) is 57.5 Å². The number of halogens is 12. The highest BCUT2D eigenvalue weighted by molar-refractivity contribution is 5.62. The molecule has 0 aliphatic rings. The predicted octanol–water partition coefficient (Wildman–Crippen LogP) is 7.96. The zero-order valence-electron chi connectivity index (χ0n) is 18.0. The van der Waals surface area contributed by atoms with Gasteiger partial charge in [-0.2, -0.15) is 52.7 Å². The minimum absolute atomic E-state index is 0.125. The Balaban J connectivity index is 2.12. The minimum Gasteiger partial charge on any atom is -0.355 e. The number of rotatable bonds is 3. The van der Waals surface area contributed by atoms with E-state index < -0.39 is 63.9 Å². The van der Waals surface area contributed by atoms with E-state index in [1.165, 1.54) is 0 Å². The van der Waals surface area contributed by atoms with Gasteiger partial charge in [0.1, 0.15) is 0 Å².